The van der Waals surface area contributed by atoms with Gasteiger partial charge in [-0.3, -0.25) is 0 Å². The van der Waals surface area contributed by atoms with E-state index < -0.39 is 0 Å². The van der Waals surface area contributed by atoms with Crippen molar-refractivity contribution in [3.05, 3.63) is 28.2 Å². The Hall–Kier alpha value is -0.670. The average Bonchev–Trinajstić information content (AvgIpc) is 2.54. The summed E-state index contributed by atoms with van der Waals surface area (Å²) in [5.41, 5.74) is 1.36. The molecule has 0 aliphatic heterocycles. The van der Waals surface area contributed by atoms with E-state index in [0.717, 1.165) is 18.7 Å². The molecule has 1 unspecified atom stereocenters. The standard InChI is InChI=1S/C15H26N2S/c1-8-15(7,10-16-14(4,5)6)9-13-17-11(2)12(3)18-13/h8,16H,1,9-10H2,2-7H3. The predicted molar refractivity (Wildman–Crippen MR) is 81.4 cm³/mol. The van der Waals surface area contributed by atoms with E-state index in [4.69, 9.17) is 0 Å². The van der Waals surface area contributed by atoms with Gasteiger partial charge >= 0.3 is 0 Å². The molecule has 0 amide bonds. The fraction of sp³-hybridized carbons (Fsp3) is 0.667. The molecule has 3 heteroatoms. The van der Waals surface area contributed by atoms with Gasteiger partial charge in [-0.15, -0.1) is 17.9 Å². The number of hydrogen-bond donors (Lipinski definition) is 1. The van der Waals surface area contributed by atoms with Gasteiger partial charge in [-0.05, 0) is 34.6 Å². The SMILES string of the molecule is C=CC(C)(CNC(C)(C)C)Cc1nc(C)c(C)s1. The lowest BCUT2D eigenvalue weighted by atomic mass is 9.86. The van der Waals surface area contributed by atoms with Crippen LogP contribution in [0.2, 0.25) is 0 Å². The highest BCUT2D eigenvalue weighted by Gasteiger charge is 2.24. The number of aryl methyl sites for hydroxylation is 2. The summed E-state index contributed by atoms with van der Waals surface area (Å²) in [4.78, 5) is 5.95. The minimum absolute atomic E-state index is 0.0595. The lowest BCUT2D eigenvalue weighted by molar-refractivity contribution is 0.322. The second-order valence-electron chi connectivity index (χ2n) is 6.39. The quantitative estimate of drug-likeness (QED) is 0.818. The van der Waals surface area contributed by atoms with Gasteiger partial charge in [-0.2, -0.15) is 0 Å². The van der Waals surface area contributed by atoms with Crippen LogP contribution in [0.3, 0.4) is 0 Å². The first-order valence-corrected chi connectivity index (χ1v) is 7.28. The lowest BCUT2D eigenvalue weighted by Gasteiger charge is -2.30. The summed E-state index contributed by atoms with van der Waals surface area (Å²) in [5, 5.41) is 4.77. The largest absolute Gasteiger partial charge is 0.311 e. The fourth-order valence-electron chi connectivity index (χ4n) is 1.63. The van der Waals surface area contributed by atoms with E-state index in [1.165, 1.54) is 9.88 Å². The minimum atomic E-state index is 0.0595. The Labute approximate surface area is 116 Å². The molecule has 0 aliphatic rings. The van der Waals surface area contributed by atoms with Gasteiger partial charge in [0.15, 0.2) is 0 Å². The van der Waals surface area contributed by atoms with Gasteiger partial charge in [-0.25, -0.2) is 4.98 Å². The van der Waals surface area contributed by atoms with Crippen molar-refractivity contribution in [1.82, 2.24) is 10.3 Å². The first-order valence-electron chi connectivity index (χ1n) is 6.47. The molecular weight excluding hydrogens is 240 g/mol. The van der Waals surface area contributed by atoms with Gasteiger partial charge in [0.1, 0.15) is 0 Å². The Morgan fingerprint density at radius 1 is 1.28 bits per heavy atom. The van der Waals surface area contributed by atoms with E-state index in [9.17, 15) is 0 Å². The Bertz CT molecular complexity index is 395. The molecule has 0 aromatic carbocycles. The fourth-order valence-corrected chi connectivity index (χ4v) is 2.77. The second-order valence-corrected chi connectivity index (χ2v) is 7.68. The Morgan fingerprint density at radius 3 is 2.28 bits per heavy atom. The van der Waals surface area contributed by atoms with Crippen molar-refractivity contribution in [2.75, 3.05) is 6.54 Å². The zero-order chi connectivity index (χ0) is 14.0. The third-order valence-electron chi connectivity index (χ3n) is 3.14. The van der Waals surface area contributed by atoms with E-state index in [1.54, 1.807) is 11.3 Å². The topological polar surface area (TPSA) is 24.9 Å². The average molecular weight is 266 g/mol. The first-order chi connectivity index (χ1) is 8.15. The molecule has 2 nitrogen and oxygen atoms in total. The van der Waals surface area contributed by atoms with Crippen LogP contribution in [0.15, 0.2) is 12.7 Å². The zero-order valence-corrected chi connectivity index (χ0v) is 13.4. The molecule has 1 atom stereocenters. The Morgan fingerprint density at radius 2 is 1.89 bits per heavy atom. The maximum atomic E-state index is 4.63. The van der Waals surface area contributed by atoms with Crippen LogP contribution in [-0.2, 0) is 6.42 Å². The monoisotopic (exact) mass is 266 g/mol. The van der Waals surface area contributed by atoms with Gasteiger partial charge in [-0.1, -0.05) is 13.0 Å². The second kappa shape index (κ2) is 5.54. The van der Waals surface area contributed by atoms with Crippen LogP contribution >= 0.6 is 11.3 Å². The molecule has 0 spiro atoms. The van der Waals surface area contributed by atoms with E-state index in [1.807, 2.05) is 0 Å². The molecule has 1 N–H and O–H groups in total. The van der Waals surface area contributed by atoms with Crippen LogP contribution in [0.25, 0.3) is 0 Å². The Balaban J connectivity index is 2.73. The van der Waals surface area contributed by atoms with Crippen molar-refractivity contribution in [3.8, 4) is 0 Å². The van der Waals surface area contributed by atoms with Crippen molar-refractivity contribution in [2.45, 2.75) is 53.5 Å². The molecule has 1 aromatic heterocycles. The van der Waals surface area contributed by atoms with Crippen molar-refractivity contribution in [3.63, 3.8) is 0 Å². The molecule has 1 aromatic rings. The van der Waals surface area contributed by atoms with Gasteiger partial charge in [0.2, 0.25) is 0 Å². The van der Waals surface area contributed by atoms with Crippen LogP contribution in [0.4, 0.5) is 0 Å². The van der Waals surface area contributed by atoms with Gasteiger partial charge in [0.05, 0.1) is 10.7 Å². The van der Waals surface area contributed by atoms with E-state index in [2.05, 4.69) is 64.5 Å². The highest BCUT2D eigenvalue weighted by atomic mass is 32.1. The van der Waals surface area contributed by atoms with Crippen LogP contribution < -0.4 is 5.32 Å². The summed E-state index contributed by atoms with van der Waals surface area (Å²) in [6.45, 7) is 17.9. The van der Waals surface area contributed by atoms with Crippen LogP contribution in [0.1, 0.15) is 43.3 Å². The zero-order valence-electron chi connectivity index (χ0n) is 12.6. The summed E-state index contributed by atoms with van der Waals surface area (Å²) >= 11 is 1.80. The number of nitrogens with one attached hydrogen (secondary N) is 1. The summed E-state index contributed by atoms with van der Waals surface area (Å²) in [5.74, 6) is 0. The molecule has 0 saturated carbocycles. The maximum absolute atomic E-state index is 4.63. The predicted octanol–water partition coefficient (Wildman–Crippen LogP) is 3.88. The van der Waals surface area contributed by atoms with Crippen molar-refractivity contribution < 1.29 is 0 Å². The number of nitrogens with zero attached hydrogens (tertiary/aromatic N) is 1. The number of thiazole rings is 1. The van der Waals surface area contributed by atoms with Gasteiger partial charge < -0.3 is 5.32 Å². The first kappa shape index (κ1) is 15.4. The van der Waals surface area contributed by atoms with E-state index in [0.29, 0.717) is 0 Å². The van der Waals surface area contributed by atoms with Gasteiger partial charge in [0, 0.05) is 28.8 Å². The third-order valence-corrected chi connectivity index (χ3v) is 4.22. The molecule has 1 rings (SSSR count). The van der Waals surface area contributed by atoms with Crippen LogP contribution in [0.5, 0.6) is 0 Å². The molecule has 0 saturated heterocycles. The molecule has 0 bridgehead atoms. The van der Waals surface area contributed by atoms with Crippen molar-refractivity contribution >= 4 is 11.3 Å². The molecule has 18 heavy (non-hydrogen) atoms. The summed E-state index contributed by atoms with van der Waals surface area (Å²) in [6, 6.07) is 0. The summed E-state index contributed by atoms with van der Waals surface area (Å²) < 4.78 is 0. The van der Waals surface area contributed by atoms with Crippen molar-refractivity contribution in [2.24, 2.45) is 5.41 Å². The van der Waals surface area contributed by atoms with E-state index in [-0.39, 0.29) is 11.0 Å². The van der Waals surface area contributed by atoms with E-state index >= 15 is 0 Å². The lowest BCUT2D eigenvalue weighted by Crippen LogP contribution is -2.43. The molecule has 0 radical (unpaired) electrons. The van der Waals surface area contributed by atoms with Gasteiger partial charge in [0.25, 0.3) is 0 Å². The number of hydrogen-bond acceptors (Lipinski definition) is 3. The highest BCUT2D eigenvalue weighted by Crippen LogP contribution is 2.27. The molecule has 102 valence electrons. The summed E-state index contributed by atoms with van der Waals surface area (Å²) in [6.07, 6.45) is 3.01. The number of aromatic nitrogens is 1. The van der Waals surface area contributed by atoms with Crippen LogP contribution in [0, 0.1) is 19.3 Å². The summed E-state index contributed by atoms with van der Waals surface area (Å²) in [7, 11) is 0. The van der Waals surface area contributed by atoms with Crippen LogP contribution in [-0.4, -0.2) is 17.1 Å². The van der Waals surface area contributed by atoms with Crippen molar-refractivity contribution in [1.29, 1.82) is 0 Å². The minimum Gasteiger partial charge on any atom is -0.311 e. The molecular formula is C15H26N2S. The number of rotatable bonds is 5. The third kappa shape index (κ3) is 4.54. The smallest absolute Gasteiger partial charge is 0.0939 e. The Kier molecular flexibility index (Phi) is 4.73. The highest BCUT2D eigenvalue weighted by molar-refractivity contribution is 7.11. The maximum Gasteiger partial charge on any atom is 0.0939 e. The molecule has 0 fully saturated rings. The molecule has 1 heterocycles. The normalized spacial score (nSPS) is 15.4. The molecule has 0 aliphatic carbocycles.